The Morgan fingerprint density at radius 2 is 1.58 bits per heavy atom. The Balaban J connectivity index is 2.50. The average molecular weight is 252 g/mol. The highest BCUT2D eigenvalue weighted by Crippen LogP contribution is 2.20. The normalized spacial score (nSPS) is 11.4. The van der Waals surface area contributed by atoms with E-state index < -0.39 is 5.97 Å². The number of hydrogen-bond donors (Lipinski definition) is 1. The van der Waals surface area contributed by atoms with Gasteiger partial charge in [0.15, 0.2) is 0 Å². The third-order valence-corrected chi connectivity index (χ3v) is 2.87. The van der Waals surface area contributed by atoms with E-state index in [1.807, 2.05) is 56.3 Å². The lowest BCUT2D eigenvalue weighted by Crippen LogP contribution is -1.99. The topological polar surface area (TPSA) is 37.3 Å². The molecule has 0 fully saturated rings. The van der Waals surface area contributed by atoms with Crippen molar-refractivity contribution in [1.29, 1.82) is 0 Å². The number of aliphatic carboxylic acids is 1. The van der Waals surface area contributed by atoms with Gasteiger partial charge in [-0.3, -0.25) is 0 Å². The maximum Gasteiger partial charge on any atom is 0.336 e. The van der Waals surface area contributed by atoms with Crippen LogP contribution in [0.25, 0.3) is 11.6 Å². The van der Waals surface area contributed by atoms with Crippen molar-refractivity contribution in [2.45, 2.75) is 13.8 Å². The van der Waals surface area contributed by atoms with Crippen molar-refractivity contribution in [2.24, 2.45) is 0 Å². The minimum Gasteiger partial charge on any atom is -0.478 e. The van der Waals surface area contributed by atoms with Gasteiger partial charge < -0.3 is 5.11 Å². The Bertz CT molecular complexity index is 605. The first kappa shape index (κ1) is 13.1. The minimum absolute atomic E-state index is 0.311. The summed E-state index contributed by atoms with van der Waals surface area (Å²) < 4.78 is 0. The predicted octanol–water partition coefficient (Wildman–Crippen LogP) is 3.93. The summed E-state index contributed by atoms with van der Waals surface area (Å²) in [6, 6.07) is 15.2. The van der Waals surface area contributed by atoms with Crippen LogP contribution in [0.2, 0.25) is 0 Å². The van der Waals surface area contributed by atoms with Crippen LogP contribution in [0.15, 0.2) is 48.5 Å². The summed E-state index contributed by atoms with van der Waals surface area (Å²) in [5, 5.41) is 9.36. The second-order valence-corrected chi connectivity index (χ2v) is 4.65. The smallest absolute Gasteiger partial charge is 0.336 e. The van der Waals surface area contributed by atoms with Crippen LogP contribution >= 0.6 is 0 Å². The highest BCUT2D eigenvalue weighted by Gasteiger charge is 2.09. The van der Waals surface area contributed by atoms with Gasteiger partial charge in [0.25, 0.3) is 0 Å². The lowest BCUT2D eigenvalue weighted by atomic mass is 10.0. The molecule has 0 unspecified atom stereocenters. The van der Waals surface area contributed by atoms with Gasteiger partial charge in [0.2, 0.25) is 0 Å². The fourth-order valence-corrected chi connectivity index (χ4v) is 2.15. The molecule has 0 saturated carbocycles. The second kappa shape index (κ2) is 5.53. The van der Waals surface area contributed by atoms with E-state index in [0.717, 1.165) is 16.7 Å². The van der Waals surface area contributed by atoms with E-state index in [2.05, 4.69) is 6.07 Å². The molecule has 0 aromatic heterocycles. The van der Waals surface area contributed by atoms with Gasteiger partial charge in [-0.15, -0.1) is 0 Å². The van der Waals surface area contributed by atoms with Crippen molar-refractivity contribution in [3.63, 3.8) is 0 Å². The summed E-state index contributed by atoms with van der Waals surface area (Å²) >= 11 is 0. The molecule has 0 aliphatic carbocycles. The minimum atomic E-state index is -0.912. The molecule has 0 radical (unpaired) electrons. The van der Waals surface area contributed by atoms with Crippen LogP contribution in [-0.2, 0) is 4.79 Å². The first-order valence-corrected chi connectivity index (χ1v) is 6.15. The van der Waals surface area contributed by atoms with E-state index in [0.29, 0.717) is 11.1 Å². The van der Waals surface area contributed by atoms with E-state index >= 15 is 0 Å². The van der Waals surface area contributed by atoms with Gasteiger partial charge in [0, 0.05) is 0 Å². The molecule has 0 atom stereocenters. The van der Waals surface area contributed by atoms with Crippen LogP contribution in [0.1, 0.15) is 22.3 Å². The van der Waals surface area contributed by atoms with Crippen molar-refractivity contribution >= 4 is 17.6 Å². The first-order valence-electron chi connectivity index (χ1n) is 6.15. The van der Waals surface area contributed by atoms with E-state index in [1.54, 1.807) is 6.08 Å². The Labute approximate surface area is 113 Å². The standard InChI is InChI=1S/C17H16O2/c1-12-8-13(2)10-14(9-12)11-16(17(18)19)15-6-4-3-5-7-15/h3-11H,1-2H3,(H,18,19). The summed E-state index contributed by atoms with van der Waals surface area (Å²) in [5.74, 6) is -0.912. The fraction of sp³-hybridized carbons (Fsp3) is 0.118. The first-order chi connectivity index (χ1) is 9.06. The van der Waals surface area contributed by atoms with Crippen molar-refractivity contribution in [2.75, 3.05) is 0 Å². The Hall–Kier alpha value is -2.35. The number of carbonyl (C=O) groups is 1. The zero-order chi connectivity index (χ0) is 13.8. The summed E-state index contributed by atoms with van der Waals surface area (Å²) in [4.78, 5) is 11.4. The molecule has 2 aromatic carbocycles. The molecule has 0 bridgehead atoms. The Kier molecular flexibility index (Phi) is 3.81. The van der Waals surface area contributed by atoms with Crippen LogP contribution < -0.4 is 0 Å². The van der Waals surface area contributed by atoms with Gasteiger partial charge in [-0.1, -0.05) is 59.7 Å². The molecule has 0 heterocycles. The molecule has 2 rings (SSSR count). The second-order valence-electron chi connectivity index (χ2n) is 4.65. The van der Waals surface area contributed by atoms with Crippen LogP contribution in [0.4, 0.5) is 0 Å². The lowest BCUT2D eigenvalue weighted by molar-refractivity contribution is -0.130. The number of benzene rings is 2. The van der Waals surface area contributed by atoms with Crippen LogP contribution in [0.3, 0.4) is 0 Å². The quantitative estimate of drug-likeness (QED) is 0.664. The third kappa shape index (κ3) is 3.32. The van der Waals surface area contributed by atoms with Crippen molar-refractivity contribution in [3.05, 3.63) is 70.8 Å². The Morgan fingerprint density at radius 3 is 2.11 bits per heavy atom. The van der Waals surface area contributed by atoms with Crippen LogP contribution in [0, 0.1) is 13.8 Å². The molecular weight excluding hydrogens is 236 g/mol. The number of rotatable bonds is 3. The molecule has 19 heavy (non-hydrogen) atoms. The summed E-state index contributed by atoms with van der Waals surface area (Å²) in [7, 11) is 0. The highest BCUT2D eigenvalue weighted by molar-refractivity contribution is 6.20. The predicted molar refractivity (Wildman–Crippen MR) is 77.9 cm³/mol. The van der Waals surface area contributed by atoms with Crippen LogP contribution in [0.5, 0.6) is 0 Å². The molecule has 2 heteroatoms. The number of hydrogen-bond acceptors (Lipinski definition) is 1. The maximum absolute atomic E-state index is 11.4. The average Bonchev–Trinajstić information content (AvgIpc) is 2.35. The van der Waals surface area contributed by atoms with Crippen molar-refractivity contribution < 1.29 is 9.90 Å². The Morgan fingerprint density at radius 1 is 1.00 bits per heavy atom. The lowest BCUT2D eigenvalue weighted by Gasteiger charge is -2.05. The summed E-state index contributed by atoms with van der Waals surface area (Å²) in [6.07, 6.45) is 1.72. The molecule has 96 valence electrons. The number of carboxylic acids is 1. The maximum atomic E-state index is 11.4. The number of carboxylic acid groups (broad SMARTS) is 1. The van der Waals surface area contributed by atoms with Gasteiger partial charge in [0.05, 0.1) is 5.57 Å². The molecule has 0 amide bonds. The van der Waals surface area contributed by atoms with Gasteiger partial charge in [-0.25, -0.2) is 4.79 Å². The van der Waals surface area contributed by atoms with Crippen molar-refractivity contribution in [1.82, 2.24) is 0 Å². The largest absolute Gasteiger partial charge is 0.478 e. The fourth-order valence-electron chi connectivity index (χ4n) is 2.15. The SMILES string of the molecule is Cc1cc(C)cc(C=C(C(=O)O)c2ccccc2)c1. The van der Waals surface area contributed by atoms with Gasteiger partial charge >= 0.3 is 5.97 Å². The van der Waals surface area contributed by atoms with E-state index in [4.69, 9.17) is 0 Å². The summed E-state index contributed by atoms with van der Waals surface area (Å²) in [6.45, 7) is 4.01. The molecule has 1 N–H and O–H groups in total. The molecule has 0 aliphatic heterocycles. The van der Waals surface area contributed by atoms with E-state index in [9.17, 15) is 9.90 Å². The highest BCUT2D eigenvalue weighted by atomic mass is 16.4. The van der Waals surface area contributed by atoms with Gasteiger partial charge in [-0.05, 0) is 31.1 Å². The zero-order valence-electron chi connectivity index (χ0n) is 11.1. The molecule has 2 aromatic rings. The number of aryl methyl sites for hydroxylation is 2. The molecule has 2 nitrogen and oxygen atoms in total. The van der Waals surface area contributed by atoms with E-state index in [-0.39, 0.29) is 0 Å². The monoisotopic (exact) mass is 252 g/mol. The molecule has 0 saturated heterocycles. The van der Waals surface area contributed by atoms with Gasteiger partial charge in [-0.2, -0.15) is 0 Å². The zero-order valence-corrected chi connectivity index (χ0v) is 11.1. The van der Waals surface area contributed by atoms with Gasteiger partial charge in [0.1, 0.15) is 0 Å². The molecule has 0 spiro atoms. The van der Waals surface area contributed by atoms with Crippen LogP contribution in [-0.4, -0.2) is 11.1 Å². The van der Waals surface area contributed by atoms with E-state index in [1.165, 1.54) is 0 Å². The molecule has 0 aliphatic rings. The third-order valence-electron chi connectivity index (χ3n) is 2.87. The summed E-state index contributed by atoms with van der Waals surface area (Å²) in [5.41, 5.74) is 4.20. The van der Waals surface area contributed by atoms with Crippen molar-refractivity contribution in [3.8, 4) is 0 Å². The molecular formula is C17H16O2.